The average Bonchev–Trinajstić information content (AvgIpc) is 3.16. The van der Waals surface area contributed by atoms with Crippen molar-refractivity contribution in [3.05, 3.63) is 42.2 Å². The fourth-order valence-electron chi connectivity index (χ4n) is 5.49. The van der Waals surface area contributed by atoms with E-state index in [2.05, 4.69) is 35.3 Å². The summed E-state index contributed by atoms with van der Waals surface area (Å²) in [5.74, 6) is 1.55. The predicted octanol–water partition coefficient (Wildman–Crippen LogP) is 3.35. The van der Waals surface area contributed by atoms with Gasteiger partial charge >= 0.3 is 6.61 Å². The molecule has 0 bridgehead atoms. The third-order valence-electron chi connectivity index (χ3n) is 7.16. The first-order valence-corrected chi connectivity index (χ1v) is 11.0. The Balaban J connectivity index is 1.28. The standard InChI is InChI=1S/C22H25F2N7O/c23-21(24)32-16-9-14(11-28-19(16)25)15-10-17-22(4-8-31(17)29-15)3-7-30(12-22)18(13-1-2-13)20-26-5-6-27-20/h5-6,9-11,13,18,21H,1-4,7-8,12H2,(H2,25,28)(H,26,27)/t18?,22-/m1/s1. The molecule has 2 atom stereocenters. The molecule has 6 rings (SSSR count). The largest absolute Gasteiger partial charge is 0.431 e. The van der Waals surface area contributed by atoms with Crippen molar-refractivity contribution in [2.45, 2.75) is 50.3 Å². The Bertz CT molecular complexity index is 1130. The van der Waals surface area contributed by atoms with Crippen LogP contribution in [0.15, 0.2) is 30.7 Å². The van der Waals surface area contributed by atoms with Gasteiger partial charge in [-0.05, 0) is 50.3 Å². The first-order valence-electron chi connectivity index (χ1n) is 11.0. The number of halogens is 2. The van der Waals surface area contributed by atoms with Crippen molar-refractivity contribution in [2.75, 3.05) is 18.8 Å². The smallest absolute Gasteiger partial charge is 0.387 e. The summed E-state index contributed by atoms with van der Waals surface area (Å²) in [5, 5.41) is 4.75. The van der Waals surface area contributed by atoms with E-state index in [9.17, 15) is 8.78 Å². The lowest BCUT2D eigenvalue weighted by atomic mass is 9.82. The van der Waals surface area contributed by atoms with Gasteiger partial charge in [-0.25, -0.2) is 9.97 Å². The van der Waals surface area contributed by atoms with Crippen LogP contribution < -0.4 is 10.5 Å². The van der Waals surface area contributed by atoms with Crippen LogP contribution in [0.1, 0.15) is 43.2 Å². The summed E-state index contributed by atoms with van der Waals surface area (Å²) in [5.41, 5.74) is 8.26. The first-order chi connectivity index (χ1) is 15.5. The molecular formula is C22H25F2N7O. The Hall–Kier alpha value is -3.01. The number of nitrogens with one attached hydrogen (secondary N) is 1. The molecular weight excluding hydrogens is 416 g/mol. The number of aromatic nitrogens is 5. The van der Waals surface area contributed by atoms with Gasteiger partial charge in [0, 0.05) is 48.4 Å². The topological polar surface area (TPSA) is 97.9 Å². The Labute approximate surface area is 183 Å². The predicted molar refractivity (Wildman–Crippen MR) is 113 cm³/mol. The third kappa shape index (κ3) is 3.24. The van der Waals surface area contributed by atoms with Gasteiger partial charge in [-0.3, -0.25) is 9.58 Å². The lowest BCUT2D eigenvalue weighted by Gasteiger charge is -2.29. The number of imidazole rings is 1. The van der Waals surface area contributed by atoms with Gasteiger partial charge in [0.15, 0.2) is 11.6 Å². The zero-order valence-corrected chi connectivity index (χ0v) is 17.5. The summed E-state index contributed by atoms with van der Waals surface area (Å²) in [4.78, 5) is 14.5. The van der Waals surface area contributed by atoms with Crippen LogP contribution in [0.25, 0.3) is 11.3 Å². The summed E-state index contributed by atoms with van der Waals surface area (Å²) >= 11 is 0. The van der Waals surface area contributed by atoms with Crippen LogP contribution in [0, 0.1) is 5.92 Å². The summed E-state index contributed by atoms with van der Waals surface area (Å²) in [7, 11) is 0. The second kappa shape index (κ2) is 7.26. The first kappa shape index (κ1) is 19.7. The van der Waals surface area contributed by atoms with E-state index < -0.39 is 6.61 Å². The van der Waals surface area contributed by atoms with Gasteiger partial charge < -0.3 is 15.5 Å². The van der Waals surface area contributed by atoms with Crippen molar-refractivity contribution in [1.82, 2.24) is 29.6 Å². The highest BCUT2D eigenvalue weighted by Crippen LogP contribution is 2.50. The summed E-state index contributed by atoms with van der Waals surface area (Å²) in [6.45, 7) is -0.110. The highest BCUT2D eigenvalue weighted by molar-refractivity contribution is 5.64. The molecule has 168 valence electrons. The zero-order valence-electron chi connectivity index (χ0n) is 17.5. The molecule has 10 heteroatoms. The SMILES string of the molecule is Nc1ncc(-c2cc3n(n2)CC[C@@]32CCN(C(c3ncc[nH]3)C3CC3)C2)cc1OC(F)F. The Morgan fingerprint density at radius 3 is 2.78 bits per heavy atom. The van der Waals surface area contributed by atoms with Crippen LogP contribution >= 0.6 is 0 Å². The van der Waals surface area contributed by atoms with E-state index in [1.165, 1.54) is 24.6 Å². The van der Waals surface area contributed by atoms with Crippen molar-refractivity contribution < 1.29 is 13.5 Å². The molecule has 3 aliphatic rings. The van der Waals surface area contributed by atoms with Gasteiger partial charge in [-0.2, -0.15) is 13.9 Å². The fourth-order valence-corrected chi connectivity index (χ4v) is 5.49. The molecule has 1 saturated carbocycles. The molecule has 2 fully saturated rings. The van der Waals surface area contributed by atoms with Gasteiger partial charge in [0.1, 0.15) is 5.82 Å². The Morgan fingerprint density at radius 1 is 1.19 bits per heavy atom. The maximum Gasteiger partial charge on any atom is 0.387 e. The number of ether oxygens (including phenoxy) is 1. The molecule has 1 aliphatic carbocycles. The number of nitrogens with two attached hydrogens (primary N) is 1. The number of likely N-dealkylation sites (tertiary alicyclic amines) is 1. The van der Waals surface area contributed by atoms with Gasteiger partial charge in [-0.15, -0.1) is 0 Å². The van der Waals surface area contributed by atoms with Gasteiger partial charge in [-0.1, -0.05) is 0 Å². The molecule has 1 unspecified atom stereocenters. The summed E-state index contributed by atoms with van der Waals surface area (Å²) in [6.07, 6.45) is 9.93. The number of hydrogen-bond donors (Lipinski definition) is 2. The maximum absolute atomic E-state index is 12.7. The van der Waals surface area contributed by atoms with E-state index in [1.807, 2.05) is 12.4 Å². The van der Waals surface area contributed by atoms with Gasteiger partial charge in [0.05, 0.1) is 11.7 Å². The Kier molecular flexibility index (Phi) is 4.46. The minimum Gasteiger partial charge on any atom is -0.431 e. The van der Waals surface area contributed by atoms with Crippen molar-refractivity contribution in [2.24, 2.45) is 5.92 Å². The van der Waals surface area contributed by atoms with E-state index in [0.29, 0.717) is 23.2 Å². The van der Waals surface area contributed by atoms with Crippen LogP contribution in [0.5, 0.6) is 5.75 Å². The molecule has 32 heavy (non-hydrogen) atoms. The maximum atomic E-state index is 12.7. The molecule has 3 N–H and O–H groups in total. The quantitative estimate of drug-likeness (QED) is 0.609. The van der Waals surface area contributed by atoms with Crippen molar-refractivity contribution in [1.29, 1.82) is 0 Å². The molecule has 2 aliphatic heterocycles. The molecule has 1 spiro atoms. The highest BCUT2D eigenvalue weighted by Gasteiger charge is 2.50. The Morgan fingerprint density at radius 2 is 2.03 bits per heavy atom. The van der Waals surface area contributed by atoms with Crippen molar-refractivity contribution in [3.8, 4) is 17.0 Å². The highest BCUT2D eigenvalue weighted by atomic mass is 19.3. The molecule has 0 amide bonds. The van der Waals surface area contributed by atoms with Gasteiger partial charge in [0.2, 0.25) is 0 Å². The number of H-pyrrole nitrogens is 1. The minimum absolute atomic E-state index is 0.0501. The molecule has 0 aromatic carbocycles. The van der Waals surface area contributed by atoms with E-state index in [1.54, 1.807) is 6.20 Å². The van der Waals surface area contributed by atoms with Crippen LogP contribution in [-0.2, 0) is 12.0 Å². The van der Waals surface area contributed by atoms with Crippen LogP contribution in [0.3, 0.4) is 0 Å². The number of pyridine rings is 1. The number of hydrogen-bond acceptors (Lipinski definition) is 6. The van der Waals surface area contributed by atoms with E-state index >= 15 is 0 Å². The third-order valence-corrected chi connectivity index (χ3v) is 7.16. The normalized spacial score (nSPS) is 23.8. The second-order valence-electron chi connectivity index (χ2n) is 9.13. The zero-order chi connectivity index (χ0) is 21.9. The second-order valence-corrected chi connectivity index (χ2v) is 9.13. The van der Waals surface area contributed by atoms with Crippen LogP contribution in [0.4, 0.5) is 14.6 Å². The van der Waals surface area contributed by atoms with E-state index in [0.717, 1.165) is 38.3 Å². The monoisotopic (exact) mass is 441 g/mol. The fraction of sp³-hybridized carbons (Fsp3) is 0.500. The number of anilines is 1. The van der Waals surface area contributed by atoms with E-state index in [-0.39, 0.29) is 17.0 Å². The van der Waals surface area contributed by atoms with E-state index in [4.69, 9.17) is 10.8 Å². The number of aryl methyl sites for hydroxylation is 1. The van der Waals surface area contributed by atoms with Crippen molar-refractivity contribution in [3.63, 3.8) is 0 Å². The molecule has 3 aromatic rings. The minimum atomic E-state index is -2.96. The number of rotatable bonds is 6. The lowest BCUT2D eigenvalue weighted by molar-refractivity contribution is -0.0494. The number of nitrogens with zero attached hydrogens (tertiary/aromatic N) is 5. The number of alkyl halides is 2. The average molecular weight is 441 g/mol. The number of nitrogen functional groups attached to an aromatic ring is 1. The number of aromatic amines is 1. The van der Waals surface area contributed by atoms with Crippen molar-refractivity contribution >= 4 is 5.82 Å². The van der Waals surface area contributed by atoms with Crippen LogP contribution in [0.2, 0.25) is 0 Å². The van der Waals surface area contributed by atoms with Gasteiger partial charge in [0.25, 0.3) is 0 Å². The summed E-state index contributed by atoms with van der Waals surface area (Å²) in [6, 6.07) is 3.91. The molecule has 1 saturated heterocycles. The molecule has 3 aromatic heterocycles. The number of fused-ring (bicyclic) bond motifs is 2. The van der Waals surface area contributed by atoms with Crippen LogP contribution in [-0.4, -0.2) is 49.3 Å². The lowest BCUT2D eigenvalue weighted by Crippen LogP contribution is -2.33. The summed E-state index contributed by atoms with van der Waals surface area (Å²) < 4.78 is 32.0. The molecule has 5 heterocycles. The molecule has 8 nitrogen and oxygen atoms in total. The molecule has 0 radical (unpaired) electrons.